The van der Waals surface area contributed by atoms with Crippen LogP contribution in [-0.4, -0.2) is 34.3 Å². The lowest BCUT2D eigenvalue weighted by atomic mass is 10.0. The lowest BCUT2D eigenvalue weighted by molar-refractivity contribution is 0.0168. The van der Waals surface area contributed by atoms with Gasteiger partial charge in [-0.3, -0.25) is 0 Å². The fourth-order valence-corrected chi connectivity index (χ4v) is 1.53. The van der Waals surface area contributed by atoms with Gasteiger partial charge in [-0.05, 0) is 12.5 Å². The summed E-state index contributed by atoms with van der Waals surface area (Å²) in [5.74, 6) is 0.569. The molecule has 0 spiro atoms. The van der Waals surface area contributed by atoms with Crippen molar-refractivity contribution in [3.05, 3.63) is 17.8 Å². The number of ether oxygens (including phenoxy) is 1. The van der Waals surface area contributed by atoms with Crippen LogP contribution in [0, 0.1) is 0 Å². The van der Waals surface area contributed by atoms with Crippen LogP contribution in [0.25, 0.3) is 0 Å². The quantitative estimate of drug-likeness (QED) is 0.666. The molecule has 1 heterocycles. The van der Waals surface area contributed by atoms with E-state index in [0.717, 1.165) is 0 Å². The van der Waals surface area contributed by atoms with Crippen LogP contribution in [0.1, 0.15) is 18.1 Å². The molecule has 1 aromatic heterocycles. The molecule has 4 N–H and O–H groups in total. The Balaban J connectivity index is 2.84. The zero-order valence-electron chi connectivity index (χ0n) is 8.93. The molecule has 0 bridgehead atoms. The second kappa shape index (κ2) is 5.89. The molecule has 2 atom stereocenters. The molecule has 0 fully saturated rings. The van der Waals surface area contributed by atoms with Crippen molar-refractivity contribution < 1.29 is 14.9 Å². The van der Waals surface area contributed by atoms with E-state index in [0.29, 0.717) is 23.6 Å². The normalized spacial score (nSPS) is 14.5. The third-order valence-corrected chi connectivity index (χ3v) is 2.42. The van der Waals surface area contributed by atoms with Crippen molar-refractivity contribution in [2.75, 3.05) is 18.7 Å². The molecule has 6 heteroatoms. The summed E-state index contributed by atoms with van der Waals surface area (Å²) in [5, 5.41) is 19.3. The number of rotatable bonds is 5. The number of hydrogen-bond acceptors (Lipinski definition) is 5. The number of halogens is 1. The Morgan fingerprint density at radius 2 is 2.25 bits per heavy atom. The Labute approximate surface area is 98.8 Å². The summed E-state index contributed by atoms with van der Waals surface area (Å²) in [6, 6.07) is 1.52. The molecule has 1 rings (SSSR count). The molecule has 0 amide bonds. The molecule has 0 aliphatic carbocycles. The third kappa shape index (κ3) is 2.98. The first kappa shape index (κ1) is 13.0. The summed E-state index contributed by atoms with van der Waals surface area (Å²) in [6.45, 7) is 0. The molecule has 5 nitrogen and oxygen atoms in total. The lowest BCUT2D eigenvalue weighted by Gasteiger charge is -2.17. The average Bonchev–Trinajstić information content (AvgIpc) is 2.28. The lowest BCUT2D eigenvalue weighted by Crippen LogP contribution is -2.19. The number of alkyl halides is 1. The number of aromatic nitrogens is 1. The smallest absolute Gasteiger partial charge is 0.236 e. The zero-order chi connectivity index (χ0) is 12.1. The van der Waals surface area contributed by atoms with Gasteiger partial charge in [0.25, 0.3) is 0 Å². The minimum atomic E-state index is -1.04. The number of pyridine rings is 1. The summed E-state index contributed by atoms with van der Waals surface area (Å²) < 4.78 is 4.89. The van der Waals surface area contributed by atoms with E-state index in [2.05, 4.69) is 4.98 Å². The molecule has 0 aliphatic heterocycles. The predicted octanol–water partition coefficient (Wildman–Crippen LogP) is 0.696. The Morgan fingerprint density at radius 1 is 1.56 bits per heavy atom. The SMILES string of the molecule is COc1ncc(C(O)C(O)CCCl)cc1N. The summed E-state index contributed by atoms with van der Waals surface area (Å²) in [7, 11) is 1.46. The maximum Gasteiger partial charge on any atom is 0.236 e. The molecular weight excluding hydrogens is 232 g/mol. The second-order valence-electron chi connectivity index (χ2n) is 3.36. The summed E-state index contributed by atoms with van der Waals surface area (Å²) in [4.78, 5) is 3.91. The van der Waals surface area contributed by atoms with Crippen molar-refractivity contribution in [1.82, 2.24) is 4.98 Å². The zero-order valence-corrected chi connectivity index (χ0v) is 9.68. The fourth-order valence-electron chi connectivity index (χ4n) is 1.31. The highest BCUT2D eigenvalue weighted by Gasteiger charge is 2.19. The van der Waals surface area contributed by atoms with Gasteiger partial charge in [0, 0.05) is 17.6 Å². The van der Waals surface area contributed by atoms with Gasteiger partial charge in [0.05, 0.1) is 18.9 Å². The van der Waals surface area contributed by atoms with Crippen molar-refractivity contribution in [1.29, 1.82) is 0 Å². The first-order valence-corrected chi connectivity index (χ1v) is 5.35. The first-order chi connectivity index (χ1) is 7.60. The van der Waals surface area contributed by atoms with Crippen LogP contribution in [0.4, 0.5) is 5.69 Å². The standard InChI is InChI=1S/C10H15ClN2O3/c1-16-10-7(12)4-6(5-13-10)9(15)8(14)2-3-11/h4-5,8-9,14-15H,2-3,12H2,1H3. The van der Waals surface area contributed by atoms with Crippen molar-refractivity contribution in [3.8, 4) is 5.88 Å². The summed E-state index contributed by atoms with van der Waals surface area (Å²) in [6.07, 6.45) is -0.252. The van der Waals surface area contributed by atoms with E-state index in [-0.39, 0.29) is 5.88 Å². The number of nitrogens with two attached hydrogens (primary N) is 1. The molecule has 1 aromatic rings. The van der Waals surface area contributed by atoms with Crippen LogP contribution in [0.3, 0.4) is 0 Å². The molecule has 2 unspecified atom stereocenters. The van der Waals surface area contributed by atoms with Gasteiger partial charge in [-0.1, -0.05) is 0 Å². The van der Waals surface area contributed by atoms with E-state index in [9.17, 15) is 10.2 Å². The number of aliphatic hydroxyl groups is 2. The van der Waals surface area contributed by atoms with Gasteiger partial charge in [-0.15, -0.1) is 11.6 Å². The first-order valence-electron chi connectivity index (χ1n) is 4.81. The van der Waals surface area contributed by atoms with E-state index < -0.39 is 12.2 Å². The summed E-state index contributed by atoms with van der Waals surface area (Å²) in [5.41, 5.74) is 6.39. The second-order valence-corrected chi connectivity index (χ2v) is 3.73. The topological polar surface area (TPSA) is 88.6 Å². The van der Waals surface area contributed by atoms with Crippen LogP contribution in [0.2, 0.25) is 0 Å². The van der Waals surface area contributed by atoms with Gasteiger partial charge < -0.3 is 20.7 Å². The van der Waals surface area contributed by atoms with Crippen molar-refractivity contribution in [3.63, 3.8) is 0 Å². The van der Waals surface area contributed by atoms with Crippen molar-refractivity contribution >= 4 is 17.3 Å². The van der Waals surface area contributed by atoms with Gasteiger partial charge in [0.15, 0.2) is 0 Å². The van der Waals surface area contributed by atoms with E-state index in [1.54, 1.807) is 0 Å². The van der Waals surface area contributed by atoms with E-state index >= 15 is 0 Å². The molecule has 0 aliphatic rings. The van der Waals surface area contributed by atoms with Gasteiger partial charge in [-0.25, -0.2) is 4.98 Å². The number of nitrogens with zero attached hydrogens (tertiary/aromatic N) is 1. The highest BCUT2D eigenvalue weighted by Crippen LogP contribution is 2.25. The van der Waals surface area contributed by atoms with Crippen LogP contribution in [0.15, 0.2) is 12.3 Å². The van der Waals surface area contributed by atoms with E-state index in [1.165, 1.54) is 19.4 Å². The van der Waals surface area contributed by atoms with Gasteiger partial charge >= 0.3 is 0 Å². The molecule has 90 valence electrons. The van der Waals surface area contributed by atoms with Crippen LogP contribution in [-0.2, 0) is 0 Å². The van der Waals surface area contributed by atoms with Gasteiger partial charge in [-0.2, -0.15) is 0 Å². The Kier molecular flexibility index (Phi) is 4.79. The van der Waals surface area contributed by atoms with Gasteiger partial charge in [0.1, 0.15) is 6.10 Å². The fraction of sp³-hybridized carbons (Fsp3) is 0.500. The monoisotopic (exact) mass is 246 g/mol. The highest BCUT2D eigenvalue weighted by atomic mass is 35.5. The number of nitrogen functional groups attached to an aromatic ring is 1. The average molecular weight is 247 g/mol. The molecule has 0 saturated heterocycles. The van der Waals surface area contributed by atoms with Crippen LogP contribution in [0.5, 0.6) is 5.88 Å². The minimum Gasteiger partial charge on any atom is -0.480 e. The summed E-state index contributed by atoms with van der Waals surface area (Å²) >= 11 is 5.48. The van der Waals surface area contributed by atoms with Crippen molar-refractivity contribution in [2.45, 2.75) is 18.6 Å². The van der Waals surface area contributed by atoms with E-state index in [4.69, 9.17) is 22.1 Å². The Hall–Kier alpha value is -1.04. The van der Waals surface area contributed by atoms with Crippen LogP contribution < -0.4 is 10.5 Å². The predicted molar refractivity (Wildman–Crippen MR) is 61.5 cm³/mol. The molecule has 16 heavy (non-hydrogen) atoms. The highest BCUT2D eigenvalue weighted by molar-refractivity contribution is 6.17. The Bertz CT molecular complexity index is 349. The van der Waals surface area contributed by atoms with Crippen LogP contribution >= 0.6 is 11.6 Å². The van der Waals surface area contributed by atoms with Crippen molar-refractivity contribution in [2.24, 2.45) is 0 Å². The number of anilines is 1. The Morgan fingerprint density at radius 3 is 2.75 bits per heavy atom. The molecular formula is C10H15ClN2O3. The molecule has 0 radical (unpaired) electrons. The number of aliphatic hydroxyl groups excluding tert-OH is 2. The number of hydrogen-bond donors (Lipinski definition) is 3. The van der Waals surface area contributed by atoms with Gasteiger partial charge in [0.2, 0.25) is 5.88 Å². The van der Waals surface area contributed by atoms with E-state index in [1.807, 2.05) is 0 Å². The number of methoxy groups -OCH3 is 1. The maximum absolute atomic E-state index is 9.76. The third-order valence-electron chi connectivity index (χ3n) is 2.20. The molecule has 0 aromatic carbocycles. The maximum atomic E-state index is 9.76. The largest absolute Gasteiger partial charge is 0.480 e. The minimum absolute atomic E-state index is 0.275. The molecule has 0 saturated carbocycles.